The Labute approximate surface area is 169 Å². The Bertz CT molecular complexity index is 919. The van der Waals surface area contributed by atoms with E-state index in [1.807, 2.05) is 42.5 Å². The SMILES string of the molecule is O=C(Nc1ccc(Oc2cccnc2)cc1)C1CCCCN1Cc1ccnnc1. The second kappa shape index (κ2) is 9.25. The Morgan fingerprint density at radius 3 is 2.69 bits per heavy atom. The van der Waals surface area contributed by atoms with Crippen LogP contribution in [0.3, 0.4) is 0 Å². The molecule has 0 spiro atoms. The maximum Gasteiger partial charge on any atom is 0.241 e. The van der Waals surface area contributed by atoms with Crippen LogP contribution in [0.25, 0.3) is 0 Å². The quantitative estimate of drug-likeness (QED) is 0.693. The van der Waals surface area contributed by atoms with Gasteiger partial charge >= 0.3 is 0 Å². The first-order chi connectivity index (χ1) is 14.3. The van der Waals surface area contributed by atoms with Gasteiger partial charge in [-0.1, -0.05) is 6.42 Å². The van der Waals surface area contributed by atoms with Gasteiger partial charge in [-0.3, -0.25) is 14.7 Å². The molecular formula is C22H23N5O2. The molecule has 1 aliphatic rings. The van der Waals surface area contributed by atoms with Gasteiger partial charge in [0.05, 0.1) is 18.4 Å². The zero-order chi connectivity index (χ0) is 19.9. The number of hydrogen-bond acceptors (Lipinski definition) is 6. The van der Waals surface area contributed by atoms with Crippen molar-refractivity contribution in [3.63, 3.8) is 0 Å². The molecule has 7 heteroatoms. The average Bonchev–Trinajstić information content (AvgIpc) is 2.77. The molecule has 2 aromatic heterocycles. The summed E-state index contributed by atoms with van der Waals surface area (Å²) >= 11 is 0. The lowest BCUT2D eigenvalue weighted by Crippen LogP contribution is -2.46. The van der Waals surface area contributed by atoms with Crippen LogP contribution in [0, 0.1) is 0 Å². The van der Waals surface area contributed by atoms with Crippen LogP contribution in [0.4, 0.5) is 5.69 Å². The fourth-order valence-electron chi connectivity index (χ4n) is 3.50. The predicted octanol–water partition coefficient (Wildman–Crippen LogP) is 3.66. The second-order valence-electron chi connectivity index (χ2n) is 7.04. The van der Waals surface area contributed by atoms with Crippen LogP contribution in [0.15, 0.2) is 67.3 Å². The zero-order valence-corrected chi connectivity index (χ0v) is 16.1. The molecule has 1 atom stereocenters. The highest BCUT2D eigenvalue weighted by atomic mass is 16.5. The number of ether oxygens (including phenoxy) is 1. The Kier molecular flexibility index (Phi) is 6.07. The number of rotatable bonds is 6. The number of nitrogens with zero attached hydrogens (tertiary/aromatic N) is 4. The normalized spacial score (nSPS) is 16.9. The molecular weight excluding hydrogens is 366 g/mol. The summed E-state index contributed by atoms with van der Waals surface area (Å²) in [4.78, 5) is 19.2. The lowest BCUT2D eigenvalue weighted by molar-refractivity contribution is -0.122. The minimum Gasteiger partial charge on any atom is -0.456 e. The number of nitrogens with one attached hydrogen (secondary N) is 1. The Hall–Kier alpha value is -3.32. The van der Waals surface area contributed by atoms with Gasteiger partial charge in [0.15, 0.2) is 0 Å². The van der Waals surface area contributed by atoms with Crippen LogP contribution in [0.2, 0.25) is 0 Å². The van der Waals surface area contributed by atoms with E-state index in [1.54, 1.807) is 24.8 Å². The molecule has 1 aliphatic heterocycles. The van der Waals surface area contributed by atoms with E-state index in [2.05, 4.69) is 25.4 Å². The minimum absolute atomic E-state index is 0.0210. The highest BCUT2D eigenvalue weighted by Gasteiger charge is 2.28. The highest BCUT2D eigenvalue weighted by Crippen LogP contribution is 2.24. The molecule has 1 saturated heterocycles. The first-order valence-corrected chi connectivity index (χ1v) is 9.76. The molecule has 0 bridgehead atoms. The molecule has 3 heterocycles. The molecule has 3 aromatic rings. The third-order valence-corrected chi connectivity index (χ3v) is 4.94. The van der Waals surface area contributed by atoms with Crippen LogP contribution in [0.1, 0.15) is 24.8 Å². The van der Waals surface area contributed by atoms with Crippen molar-refractivity contribution in [2.45, 2.75) is 31.8 Å². The van der Waals surface area contributed by atoms with Crippen molar-refractivity contribution >= 4 is 11.6 Å². The molecule has 4 rings (SSSR count). The highest BCUT2D eigenvalue weighted by molar-refractivity contribution is 5.94. The van der Waals surface area contributed by atoms with Gasteiger partial charge in [0.1, 0.15) is 11.5 Å². The number of piperidine rings is 1. The maximum absolute atomic E-state index is 12.9. The van der Waals surface area contributed by atoms with Gasteiger partial charge in [-0.05, 0) is 67.4 Å². The van der Waals surface area contributed by atoms with Crippen molar-refractivity contribution in [3.8, 4) is 11.5 Å². The molecule has 29 heavy (non-hydrogen) atoms. The third kappa shape index (κ3) is 5.14. The minimum atomic E-state index is -0.150. The molecule has 0 saturated carbocycles. The molecule has 1 aromatic carbocycles. The summed E-state index contributed by atoms with van der Waals surface area (Å²) in [5.74, 6) is 1.39. The Morgan fingerprint density at radius 2 is 1.93 bits per heavy atom. The van der Waals surface area contributed by atoms with Gasteiger partial charge in [-0.2, -0.15) is 10.2 Å². The number of hydrogen-bond donors (Lipinski definition) is 1. The molecule has 1 amide bonds. The Morgan fingerprint density at radius 1 is 1.03 bits per heavy atom. The van der Waals surface area contributed by atoms with E-state index < -0.39 is 0 Å². The van der Waals surface area contributed by atoms with Gasteiger partial charge in [-0.15, -0.1) is 0 Å². The second-order valence-corrected chi connectivity index (χ2v) is 7.04. The van der Waals surface area contributed by atoms with Crippen LogP contribution < -0.4 is 10.1 Å². The smallest absolute Gasteiger partial charge is 0.241 e. The summed E-state index contributed by atoms with van der Waals surface area (Å²) in [6.07, 6.45) is 9.81. The van der Waals surface area contributed by atoms with Crippen molar-refractivity contribution in [2.75, 3.05) is 11.9 Å². The van der Waals surface area contributed by atoms with Crippen LogP contribution in [-0.4, -0.2) is 38.6 Å². The van der Waals surface area contributed by atoms with E-state index >= 15 is 0 Å². The van der Waals surface area contributed by atoms with E-state index in [1.165, 1.54) is 0 Å². The van der Waals surface area contributed by atoms with Gasteiger partial charge in [-0.25, -0.2) is 0 Å². The largest absolute Gasteiger partial charge is 0.456 e. The van der Waals surface area contributed by atoms with Crippen molar-refractivity contribution < 1.29 is 9.53 Å². The van der Waals surface area contributed by atoms with E-state index in [9.17, 15) is 4.79 Å². The first-order valence-electron chi connectivity index (χ1n) is 9.76. The number of aromatic nitrogens is 3. The molecule has 1 N–H and O–H groups in total. The van der Waals surface area contributed by atoms with Crippen molar-refractivity contribution in [3.05, 3.63) is 72.8 Å². The van der Waals surface area contributed by atoms with E-state index in [0.29, 0.717) is 18.0 Å². The maximum atomic E-state index is 12.9. The number of pyridine rings is 1. The van der Waals surface area contributed by atoms with Crippen LogP contribution in [0.5, 0.6) is 11.5 Å². The van der Waals surface area contributed by atoms with Crippen LogP contribution in [-0.2, 0) is 11.3 Å². The standard InChI is InChI=1S/C22H23N5O2/c28-22(21-5-1-2-13-27(21)16-17-10-12-24-25-14-17)26-18-6-8-19(9-7-18)29-20-4-3-11-23-15-20/h3-4,6-12,14-15,21H,1-2,5,13,16H2,(H,26,28). The number of carbonyl (C=O) groups is 1. The summed E-state index contributed by atoms with van der Waals surface area (Å²) < 4.78 is 5.74. The van der Waals surface area contributed by atoms with E-state index in [-0.39, 0.29) is 11.9 Å². The van der Waals surface area contributed by atoms with Gasteiger partial charge in [0.2, 0.25) is 5.91 Å². The summed E-state index contributed by atoms with van der Waals surface area (Å²) in [5, 5.41) is 10.8. The zero-order valence-electron chi connectivity index (χ0n) is 16.1. The molecule has 7 nitrogen and oxygen atoms in total. The van der Waals surface area contributed by atoms with Crippen LogP contribution >= 0.6 is 0 Å². The van der Waals surface area contributed by atoms with E-state index in [0.717, 1.165) is 37.1 Å². The lowest BCUT2D eigenvalue weighted by atomic mass is 10.0. The summed E-state index contributed by atoms with van der Waals surface area (Å²) in [7, 11) is 0. The Balaban J connectivity index is 1.38. The third-order valence-electron chi connectivity index (χ3n) is 4.94. The summed E-state index contributed by atoms with van der Waals surface area (Å²) in [6.45, 7) is 1.60. The van der Waals surface area contributed by atoms with Crippen molar-refractivity contribution in [1.29, 1.82) is 0 Å². The fourth-order valence-corrected chi connectivity index (χ4v) is 3.50. The van der Waals surface area contributed by atoms with Gasteiger partial charge in [0.25, 0.3) is 0 Å². The number of carbonyl (C=O) groups excluding carboxylic acids is 1. The summed E-state index contributed by atoms with van der Waals surface area (Å²) in [5.41, 5.74) is 1.82. The van der Waals surface area contributed by atoms with Crippen molar-refractivity contribution in [1.82, 2.24) is 20.1 Å². The van der Waals surface area contributed by atoms with Gasteiger partial charge < -0.3 is 10.1 Å². The monoisotopic (exact) mass is 389 g/mol. The summed E-state index contributed by atoms with van der Waals surface area (Å²) in [6, 6.07) is 12.8. The predicted molar refractivity (Wildman–Crippen MR) is 109 cm³/mol. The fraction of sp³-hybridized carbons (Fsp3) is 0.273. The van der Waals surface area contributed by atoms with Gasteiger partial charge in [0, 0.05) is 24.6 Å². The number of amides is 1. The first kappa shape index (κ1) is 19.0. The number of benzene rings is 1. The number of anilines is 1. The van der Waals surface area contributed by atoms with E-state index in [4.69, 9.17) is 4.74 Å². The molecule has 0 aliphatic carbocycles. The van der Waals surface area contributed by atoms with Crippen molar-refractivity contribution in [2.24, 2.45) is 0 Å². The molecule has 0 radical (unpaired) electrons. The molecule has 1 fully saturated rings. The lowest BCUT2D eigenvalue weighted by Gasteiger charge is -2.34. The average molecular weight is 389 g/mol. The molecule has 1 unspecified atom stereocenters. The number of likely N-dealkylation sites (tertiary alicyclic amines) is 1. The molecule has 148 valence electrons. The topological polar surface area (TPSA) is 80.2 Å².